The molecule has 0 radical (unpaired) electrons. The van der Waals surface area contributed by atoms with Gasteiger partial charge in [0.2, 0.25) is 15.9 Å². The zero-order chi connectivity index (χ0) is 17.9. The first kappa shape index (κ1) is 17.9. The van der Waals surface area contributed by atoms with Gasteiger partial charge < -0.3 is 5.32 Å². The summed E-state index contributed by atoms with van der Waals surface area (Å²) < 4.78 is 28.4. The molecule has 0 aromatic heterocycles. The molecule has 0 unspecified atom stereocenters. The van der Waals surface area contributed by atoms with Crippen LogP contribution in [0.4, 0.5) is 5.69 Å². The highest BCUT2D eigenvalue weighted by molar-refractivity contribution is 7.89. The van der Waals surface area contributed by atoms with E-state index in [4.69, 9.17) is 0 Å². The third-order valence-electron chi connectivity index (χ3n) is 4.77. The van der Waals surface area contributed by atoms with Gasteiger partial charge >= 0.3 is 0 Å². The second kappa shape index (κ2) is 7.54. The van der Waals surface area contributed by atoms with E-state index in [1.165, 1.54) is 26.2 Å². The highest BCUT2D eigenvalue weighted by Gasteiger charge is 2.21. The summed E-state index contributed by atoms with van der Waals surface area (Å²) in [7, 11) is -3.59. The minimum Gasteiger partial charge on any atom is -0.326 e. The number of carbonyl (C=O) groups excluding carboxylic acids is 1. The zero-order valence-electron chi connectivity index (χ0n) is 14.4. The minimum atomic E-state index is -3.59. The van der Waals surface area contributed by atoms with Crippen LogP contribution in [0.25, 0.3) is 10.8 Å². The van der Waals surface area contributed by atoms with Crippen molar-refractivity contribution in [3.63, 3.8) is 0 Å². The van der Waals surface area contributed by atoms with Crippen molar-refractivity contribution in [3.8, 4) is 0 Å². The summed E-state index contributed by atoms with van der Waals surface area (Å²) in [5, 5.41) is 4.09. The molecule has 134 valence electrons. The molecule has 0 atom stereocenters. The predicted octanol–water partition coefficient (Wildman–Crippen LogP) is 3.66. The highest BCUT2D eigenvalue weighted by atomic mass is 32.2. The number of carbonyl (C=O) groups is 1. The number of sulfonamides is 1. The van der Waals surface area contributed by atoms with Gasteiger partial charge in [-0.05, 0) is 30.9 Å². The lowest BCUT2D eigenvalue weighted by Gasteiger charge is -2.22. The summed E-state index contributed by atoms with van der Waals surface area (Å²) in [6.45, 7) is 1.93. The van der Waals surface area contributed by atoms with Gasteiger partial charge in [-0.15, -0.1) is 0 Å². The van der Waals surface area contributed by atoms with Crippen molar-refractivity contribution >= 4 is 32.4 Å². The van der Waals surface area contributed by atoms with Crippen LogP contribution in [0.2, 0.25) is 0 Å². The van der Waals surface area contributed by atoms with Crippen LogP contribution >= 0.6 is 0 Å². The molecule has 1 saturated carbocycles. The Morgan fingerprint density at radius 2 is 1.72 bits per heavy atom. The first-order chi connectivity index (χ1) is 12.0. The van der Waals surface area contributed by atoms with Crippen molar-refractivity contribution in [2.75, 3.05) is 11.9 Å². The molecule has 0 spiro atoms. The molecule has 2 aromatic carbocycles. The summed E-state index contributed by atoms with van der Waals surface area (Å²) in [5.74, 6) is 0.240. The molecular weight excluding hydrogens is 336 g/mol. The van der Waals surface area contributed by atoms with Gasteiger partial charge in [-0.2, -0.15) is 0 Å². The van der Waals surface area contributed by atoms with Crippen LogP contribution < -0.4 is 10.0 Å². The van der Waals surface area contributed by atoms with Crippen molar-refractivity contribution in [1.29, 1.82) is 0 Å². The molecule has 1 fully saturated rings. The Bertz CT molecular complexity index is 871. The lowest BCUT2D eigenvalue weighted by atomic mass is 9.90. The van der Waals surface area contributed by atoms with Crippen molar-refractivity contribution in [1.82, 2.24) is 4.72 Å². The van der Waals surface area contributed by atoms with Crippen LogP contribution in [0, 0.1) is 5.92 Å². The van der Waals surface area contributed by atoms with Crippen molar-refractivity contribution in [2.45, 2.75) is 43.9 Å². The first-order valence-corrected chi connectivity index (χ1v) is 10.2. The van der Waals surface area contributed by atoms with Gasteiger partial charge in [-0.1, -0.05) is 43.5 Å². The summed E-state index contributed by atoms with van der Waals surface area (Å²) in [6.07, 6.45) is 5.79. The first-order valence-electron chi connectivity index (χ1n) is 8.76. The molecule has 25 heavy (non-hydrogen) atoms. The van der Waals surface area contributed by atoms with Gasteiger partial charge in [0.15, 0.2) is 0 Å². The van der Waals surface area contributed by atoms with E-state index in [0.717, 1.165) is 18.2 Å². The molecular formula is C19H24N2O3S. The van der Waals surface area contributed by atoms with Crippen molar-refractivity contribution in [2.24, 2.45) is 5.92 Å². The second-order valence-electron chi connectivity index (χ2n) is 6.69. The molecule has 0 heterocycles. The van der Waals surface area contributed by atoms with Crippen LogP contribution in [0.5, 0.6) is 0 Å². The van der Waals surface area contributed by atoms with Crippen LogP contribution in [0.3, 0.4) is 0 Å². The van der Waals surface area contributed by atoms with E-state index in [-0.39, 0.29) is 10.8 Å². The Hall–Kier alpha value is -1.92. The molecule has 1 aliphatic carbocycles. The maximum absolute atomic E-state index is 12.8. The molecule has 0 saturated heterocycles. The summed E-state index contributed by atoms with van der Waals surface area (Å²) in [5.41, 5.74) is 0.620. The third kappa shape index (κ3) is 4.19. The topological polar surface area (TPSA) is 75.3 Å². The average molecular weight is 360 g/mol. The fraction of sp³-hybridized carbons (Fsp3) is 0.421. The van der Waals surface area contributed by atoms with E-state index in [1.807, 2.05) is 6.07 Å². The van der Waals surface area contributed by atoms with Gasteiger partial charge in [0.25, 0.3) is 0 Å². The number of hydrogen-bond acceptors (Lipinski definition) is 3. The van der Waals surface area contributed by atoms with Crippen LogP contribution in [-0.4, -0.2) is 20.9 Å². The summed E-state index contributed by atoms with van der Waals surface area (Å²) >= 11 is 0. The van der Waals surface area contributed by atoms with Gasteiger partial charge in [-0.3, -0.25) is 4.79 Å². The van der Waals surface area contributed by atoms with Crippen LogP contribution in [0.1, 0.15) is 39.0 Å². The van der Waals surface area contributed by atoms with Crippen LogP contribution in [-0.2, 0) is 14.8 Å². The number of benzene rings is 2. The van der Waals surface area contributed by atoms with Crippen molar-refractivity contribution < 1.29 is 13.2 Å². The molecule has 2 aromatic rings. The zero-order valence-corrected chi connectivity index (χ0v) is 15.2. The maximum atomic E-state index is 12.8. The minimum absolute atomic E-state index is 0.184. The Labute approximate surface area is 148 Å². The lowest BCUT2D eigenvalue weighted by molar-refractivity contribution is -0.114. The maximum Gasteiger partial charge on any atom is 0.241 e. The standard InChI is InChI=1S/C19H24N2O3S/c1-14(22)21-18-11-5-10-17-16(18)9-6-12-19(17)25(23,24)20-13-15-7-3-2-4-8-15/h5-6,9-12,15,20H,2-4,7-8,13H2,1H3,(H,21,22). The van der Waals surface area contributed by atoms with Gasteiger partial charge in [-0.25, -0.2) is 13.1 Å². The molecule has 0 aliphatic heterocycles. The van der Waals surface area contributed by atoms with Crippen LogP contribution in [0.15, 0.2) is 41.3 Å². The average Bonchev–Trinajstić information content (AvgIpc) is 2.60. The number of nitrogens with one attached hydrogen (secondary N) is 2. The number of anilines is 1. The van der Waals surface area contributed by atoms with Gasteiger partial charge in [0, 0.05) is 29.9 Å². The normalized spacial score (nSPS) is 16.0. The second-order valence-corrected chi connectivity index (χ2v) is 8.43. The molecule has 1 amide bonds. The van der Waals surface area contributed by atoms with E-state index < -0.39 is 10.0 Å². The largest absolute Gasteiger partial charge is 0.326 e. The van der Waals surface area contributed by atoms with E-state index in [9.17, 15) is 13.2 Å². The number of rotatable bonds is 5. The third-order valence-corrected chi connectivity index (χ3v) is 6.25. The monoisotopic (exact) mass is 360 g/mol. The molecule has 6 heteroatoms. The quantitative estimate of drug-likeness (QED) is 0.854. The van der Waals surface area contributed by atoms with E-state index >= 15 is 0 Å². The Kier molecular flexibility index (Phi) is 5.39. The molecule has 2 N–H and O–H groups in total. The molecule has 1 aliphatic rings. The number of amides is 1. The Balaban J connectivity index is 1.90. The number of fused-ring (bicyclic) bond motifs is 1. The Morgan fingerprint density at radius 3 is 2.44 bits per heavy atom. The fourth-order valence-electron chi connectivity index (χ4n) is 3.51. The van der Waals surface area contributed by atoms with Crippen molar-refractivity contribution in [3.05, 3.63) is 36.4 Å². The summed E-state index contributed by atoms with van der Waals surface area (Å²) in [6, 6.07) is 10.5. The lowest BCUT2D eigenvalue weighted by Crippen LogP contribution is -2.30. The van der Waals surface area contributed by atoms with E-state index in [1.54, 1.807) is 30.3 Å². The van der Waals surface area contributed by atoms with Gasteiger partial charge in [0.05, 0.1) is 4.90 Å². The molecule has 5 nitrogen and oxygen atoms in total. The van der Waals surface area contributed by atoms with E-state index in [0.29, 0.717) is 23.5 Å². The SMILES string of the molecule is CC(=O)Nc1cccc2c(S(=O)(=O)NCC3CCCCC3)cccc12. The molecule has 3 rings (SSSR count). The van der Waals surface area contributed by atoms with E-state index in [2.05, 4.69) is 10.0 Å². The smallest absolute Gasteiger partial charge is 0.241 e. The van der Waals surface area contributed by atoms with Gasteiger partial charge in [0.1, 0.15) is 0 Å². The molecule has 0 bridgehead atoms. The summed E-state index contributed by atoms with van der Waals surface area (Å²) in [4.78, 5) is 11.6. The number of hydrogen-bond donors (Lipinski definition) is 2. The fourth-order valence-corrected chi connectivity index (χ4v) is 4.85. The Morgan fingerprint density at radius 1 is 1.04 bits per heavy atom. The highest BCUT2D eigenvalue weighted by Crippen LogP contribution is 2.29. The predicted molar refractivity (Wildman–Crippen MR) is 100 cm³/mol.